The maximum Gasteiger partial charge on any atom is 0.0791 e. The Bertz CT molecular complexity index is 292. The molecule has 3 unspecified atom stereocenters. The van der Waals surface area contributed by atoms with Gasteiger partial charge in [-0.1, -0.05) is 20.8 Å². The second kappa shape index (κ2) is 8.47. The van der Waals surface area contributed by atoms with E-state index in [2.05, 4.69) is 35.9 Å². The fourth-order valence-electron chi connectivity index (χ4n) is 3.72. The first-order valence-electron chi connectivity index (χ1n) is 8.94. The molecule has 4 nitrogen and oxygen atoms in total. The lowest BCUT2D eigenvalue weighted by Crippen LogP contribution is -2.51. The van der Waals surface area contributed by atoms with Crippen LogP contribution in [0.3, 0.4) is 0 Å². The molecule has 21 heavy (non-hydrogen) atoms. The van der Waals surface area contributed by atoms with E-state index in [4.69, 9.17) is 0 Å². The fraction of sp³-hybridized carbons (Fsp3) is 1.00. The molecular formula is C17H35N3O. The van der Waals surface area contributed by atoms with Gasteiger partial charge in [0, 0.05) is 25.7 Å². The highest BCUT2D eigenvalue weighted by molar-refractivity contribution is 4.83. The zero-order chi connectivity index (χ0) is 15.2. The molecule has 124 valence electrons. The molecule has 0 spiro atoms. The lowest BCUT2D eigenvalue weighted by atomic mass is 9.93. The van der Waals surface area contributed by atoms with E-state index in [9.17, 15) is 5.11 Å². The molecule has 2 aliphatic heterocycles. The number of nitrogens with one attached hydrogen (secondary N) is 1. The molecule has 0 aromatic carbocycles. The van der Waals surface area contributed by atoms with Gasteiger partial charge in [-0.15, -0.1) is 0 Å². The molecule has 0 saturated carbocycles. The van der Waals surface area contributed by atoms with E-state index in [-0.39, 0.29) is 6.10 Å². The molecule has 2 saturated heterocycles. The van der Waals surface area contributed by atoms with Crippen LogP contribution in [0.1, 0.15) is 40.0 Å². The van der Waals surface area contributed by atoms with Crippen LogP contribution in [0.15, 0.2) is 0 Å². The summed E-state index contributed by atoms with van der Waals surface area (Å²) in [6, 6.07) is 0.573. The zero-order valence-corrected chi connectivity index (χ0v) is 14.2. The van der Waals surface area contributed by atoms with Crippen molar-refractivity contribution in [3.63, 3.8) is 0 Å². The number of hydrogen-bond acceptors (Lipinski definition) is 4. The minimum Gasteiger partial charge on any atom is -0.390 e. The Labute approximate surface area is 130 Å². The van der Waals surface area contributed by atoms with Gasteiger partial charge in [-0.2, -0.15) is 0 Å². The normalized spacial score (nSPS) is 31.4. The van der Waals surface area contributed by atoms with Crippen molar-refractivity contribution in [1.29, 1.82) is 0 Å². The van der Waals surface area contributed by atoms with Crippen LogP contribution in [0.4, 0.5) is 0 Å². The van der Waals surface area contributed by atoms with Crippen molar-refractivity contribution in [3.8, 4) is 0 Å². The lowest BCUT2D eigenvalue weighted by Gasteiger charge is -2.37. The predicted molar refractivity (Wildman–Crippen MR) is 88.5 cm³/mol. The van der Waals surface area contributed by atoms with Gasteiger partial charge in [-0.3, -0.25) is 0 Å². The Hall–Kier alpha value is -0.160. The van der Waals surface area contributed by atoms with Gasteiger partial charge in [0.2, 0.25) is 0 Å². The second-order valence-corrected chi connectivity index (χ2v) is 7.31. The third kappa shape index (κ3) is 5.51. The Morgan fingerprint density at radius 3 is 2.38 bits per heavy atom. The van der Waals surface area contributed by atoms with Crippen molar-refractivity contribution in [1.82, 2.24) is 15.1 Å². The summed E-state index contributed by atoms with van der Waals surface area (Å²) in [5.74, 6) is 1.54. The molecule has 2 fully saturated rings. The number of hydrogen-bond donors (Lipinski definition) is 2. The summed E-state index contributed by atoms with van der Waals surface area (Å²) >= 11 is 0. The highest BCUT2D eigenvalue weighted by Crippen LogP contribution is 2.17. The Morgan fingerprint density at radius 1 is 1.10 bits per heavy atom. The molecule has 0 radical (unpaired) electrons. The minimum atomic E-state index is -0.227. The summed E-state index contributed by atoms with van der Waals surface area (Å²) in [5, 5.41) is 13.9. The van der Waals surface area contributed by atoms with Gasteiger partial charge in [0.1, 0.15) is 0 Å². The monoisotopic (exact) mass is 297 g/mol. The van der Waals surface area contributed by atoms with E-state index < -0.39 is 0 Å². The molecule has 0 aliphatic carbocycles. The Morgan fingerprint density at radius 2 is 1.76 bits per heavy atom. The van der Waals surface area contributed by atoms with E-state index in [0.29, 0.717) is 12.0 Å². The van der Waals surface area contributed by atoms with Crippen molar-refractivity contribution >= 4 is 0 Å². The SMILES string of the molecule is CCN1CCC(NCC(O)CN2CCC(C)CC2)C(C)C1. The topological polar surface area (TPSA) is 38.7 Å². The number of nitrogens with zero attached hydrogens (tertiary/aromatic N) is 2. The van der Waals surface area contributed by atoms with Crippen LogP contribution in [-0.4, -0.2) is 72.9 Å². The van der Waals surface area contributed by atoms with Crippen molar-refractivity contribution in [2.45, 2.75) is 52.2 Å². The van der Waals surface area contributed by atoms with Gasteiger partial charge in [-0.25, -0.2) is 0 Å². The van der Waals surface area contributed by atoms with E-state index in [1.165, 1.54) is 32.4 Å². The maximum atomic E-state index is 10.3. The summed E-state index contributed by atoms with van der Waals surface area (Å²) in [6.45, 7) is 14.3. The first kappa shape index (κ1) is 17.2. The van der Waals surface area contributed by atoms with E-state index in [1.54, 1.807) is 0 Å². The van der Waals surface area contributed by atoms with E-state index in [1.807, 2.05) is 0 Å². The van der Waals surface area contributed by atoms with Crippen LogP contribution in [0.5, 0.6) is 0 Å². The van der Waals surface area contributed by atoms with Gasteiger partial charge < -0.3 is 20.2 Å². The molecule has 0 aromatic heterocycles. The third-order valence-corrected chi connectivity index (χ3v) is 5.40. The van der Waals surface area contributed by atoms with Crippen LogP contribution in [0, 0.1) is 11.8 Å². The largest absolute Gasteiger partial charge is 0.390 e. The molecule has 2 rings (SSSR count). The molecule has 0 aromatic rings. The quantitative estimate of drug-likeness (QED) is 0.777. The number of likely N-dealkylation sites (tertiary alicyclic amines) is 2. The van der Waals surface area contributed by atoms with Crippen molar-refractivity contribution in [2.75, 3.05) is 45.8 Å². The molecule has 0 amide bonds. The Balaban J connectivity index is 1.63. The predicted octanol–water partition coefficient (Wildman–Crippen LogP) is 1.40. The van der Waals surface area contributed by atoms with E-state index in [0.717, 1.165) is 38.6 Å². The molecule has 2 N–H and O–H groups in total. The highest BCUT2D eigenvalue weighted by atomic mass is 16.3. The number of rotatable bonds is 6. The third-order valence-electron chi connectivity index (χ3n) is 5.40. The standard InChI is InChI=1S/C17H35N3O/c1-4-19-10-7-17(15(3)12-19)18-11-16(21)13-20-8-5-14(2)6-9-20/h14-18,21H,4-13H2,1-3H3. The van der Waals surface area contributed by atoms with Crippen LogP contribution >= 0.6 is 0 Å². The number of aliphatic hydroxyl groups is 1. The van der Waals surface area contributed by atoms with Crippen molar-refractivity contribution in [2.24, 2.45) is 11.8 Å². The fourth-order valence-corrected chi connectivity index (χ4v) is 3.72. The van der Waals surface area contributed by atoms with Crippen molar-refractivity contribution in [3.05, 3.63) is 0 Å². The highest BCUT2D eigenvalue weighted by Gasteiger charge is 2.25. The summed E-state index contributed by atoms with van der Waals surface area (Å²) in [4.78, 5) is 4.95. The van der Waals surface area contributed by atoms with Gasteiger partial charge in [-0.05, 0) is 57.3 Å². The summed E-state index contributed by atoms with van der Waals surface area (Å²) < 4.78 is 0. The molecule has 3 atom stereocenters. The molecule has 0 bridgehead atoms. The minimum absolute atomic E-state index is 0.227. The average Bonchev–Trinajstić information content (AvgIpc) is 2.48. The van der Waals surface area contributed by atoms with Gasteiger partial charge >= 0.3 is 0 Å². The molecular weight excluding hydrogens is 262 g/mol. The maximum absolute atomic E-state index is 10.3. The average molecular weight is 297 g/mol. The van der Waals surface area contributed by atoms with E-state index >= 15 is 0 Å². The molecule has 2 heterocycles. The Kier molecular flexibility index (Phi) is 6.93. The van der Waals surface area contributed by atoms with Crippen LogP contribution in [0.2, 0.25) is 0 Å². The lowest BCUT2D eigenvalue weighted by molar-refractivity contribution is 0.0806. The van der Waals surface area contributed by atoms with Crippen LogP contribution < -0.4 is 5.32 Å². The summed E-state index contributed by atoms with van der Waals surface area (Å²) in [7, 11) is 0. The number of β-amino-alcohol motifs (C(OH)–C–C–N with tert-alkyl or cyclic N) is 1. The van der Waals surface area contributed by atoms with Crippen LogP contribution in [-0.2, 0) is 0 Å². The molecule has 2 aliphatic rings. The number of piperidine rings is 2. The summed E-state index contributed by atoms with van der Waals surface area (Å²) in [5.41, 5.74) is 0. The first-order chi connectivity index (χ1) is 10.1. The van der Waals surface area contributed by atoms with Gasteiger partial charge in [0.05, 0.1) is 6.10 Å². The molecule has 4 heteroatoms. The first-order valence-corrected chi connectivity index (χ1v) is 8.94. The number of aliphatic hydroxyl groups excluding tert-OH is 1. The van der Waals surface area contributed by atoms with Crippen molar-refractivity contribution < 1.29 is 5.11 Å². The van der Waals surface area contributed by atoms with Crippen LogP contribution in [0.25, 0.3) is 0 Å². The smallest absolute Gasteiger partial charge is 0.0791 e. The van der Waals surface area contributed by atoms with Gasteiger partial charge in [0.15, 0.2) is 0 Å². The summed E-state index contributed by atoms with van der Waals surface area (Å²) in [6.07, 6.45) is 3.55. The zero-order valence-electron chi connectivity index (χ0n) is 14.2. The van der Waals surface area contributed by atoms with Gasteiger partial charge in [0.25, 0.3) is 0 Å². The second-order valence-electron chi connectivity index (χ2n) is 7.31.